The van der Waals surface area contributed by atoms with Gasteiger partial charge in [-0.3, -0.25) is 0 Å². The molecule has 3 heteroatoms. The summed E-state index contributed by atoms with van der Waals surface area (Å²) in [6.07, 6.45) is 1.88. The second-order valence-corrected chi connectivity index (χ2v) is 5.32. The molecule has 1 aromatic carbocycles. The van der Waals surface area contributed by atoms with Gasteiger partial charge in [0.2, 0.25) is 0 Å². The van der Waals surface area contributed by atoms with Crippen molar-refractivity contribution in [1.29, 1.82) is 0 Å². The maximum Gasteiger partial charge on any atom is 0.142 e. The molecule has 1 aromatic rings. The summed E-state index contributed by atoms with van der Waals surface area (Å²) in [5.41, 5.74) is 0.966. The van der Waals surface area contributed by atoms with Gasteiger partial charge >= 0.3 is 0 Å². The number of rotatable bonds is 5. The topological polar surface area (TPSA) is 0 Å². The van der Waals surface area contributed by atoms with Crippen LogP contribution in [0.2, 0.25) is 5.02 Å². The lowest BCUT2D eigenvalue weighted by molar-refractivity contribution is 0.440. The van der Waals surface area contributed by atoms with Crippen LogP contribution in [0.15, 0.2) is 18.2 Å². The molecule has 0 aliphatic carbocycles. The Morgan fingerprint density at radius 3 is 2.50 bits per heavy atom. The highest BCUT2D eigenvalue weighted by Gasteiger charge is 2.11. The monoisotopic (exact) mass is 262 g/mol. The number of alkyl halides is 1. The van der Waals surface area contributed by atoms with E-state index in [1.54, 1.807) is 6.07 Å². The van der Waals surface area contributed by atoms with Crippen molar-refractivity contribution in [3.8, 4) is 0 Å². The molecule has 16 heavy (non-hydrogen) atoms. The van der Waals surface area contributed by atoms with E-state index in [0.717, 1.165) is 18.4 Å². The molecule has 0 spiro atoms. The van der Waals surface area contributed by atoms with Crippen molar-refractivity contribution >= 4 is 23.2 Å². The predicted molar refractivity (Wildman–Crippen MR) is 68.8 cm³/mol. The molecule has 0 saturated carbocycles. The summed E-state index contributed by atoms with van der Waals surface area (Å²) in [6.45, 7) is 4.34. The second-order valence-electron chi connectivity index (χ2n) is 4.60. The van der Waals surface area contributed by atoms with E-state index in [0.29, 0.717) is 17.7 Å². The van der Waals surface area contributed by atoms with Crippen molar-refractivity contribution in [3.63, 3.8) is 0 Å². The summed E-state index contributed by atoms with van der Waals surface area (Å²) in [7, 11) is 0. The van der Waals surface area contributed by atoms with Crippen molar-refractivity contribution in [2.24, 2.45) is 11.8 Å². The summed E-state index contributed by atoms with van der Waals surface area (Å²) in [5.74, 6) is 1.28. The van der Waals surface area contributed by atoms with Gasteiger partial charge in [-0.1, -0.05) is 31.5 Å². The first-order chi connectivity index (χ1) is 7.52. The van der Waals surface area contributed by atoms with Crippen LogP contribution in [0.1, 0.15) is 25.8 Å². The molecule has 90 valence electrons. The molecule has 0 aliphatic heterocycles. The van der Waals surface area contributed by atoms with Gasteiger partial charge in [0.15, 0.2) is 0 Å². The average Bonchev–Trinajstić information content (AvgIpc) is 2.22. The van der Waals surface area contributed by atoms with Crippen LogP contribution in [0.25, 0.3) is 0 Å². The minimum atomic E-state index is -0.350. The number of benzene rings is 1. The van der Waals surface area contributed by atoms with Crippen LogP contribution in [0.4, 0.5) is 4.39 Å². The molecule has 0 bridgehead atoms. The van der Waals surface area contributed by atoms with Crippen molar-refractivity contribution in [1.82, 2.24) is 0 Å². The third-order valence-electron chi connectivity index (χ3n) is 2.53. The summed E-state index contributed by atoms with van der Waals surface area (Å²) in [6, 6.07) is 4.97. The van der Waals surface area contributed by atoms with Crippen molar-refractivity contribution in [2.75, 3.05) is 5.88 Å². The van der Waals surface area contributed by atoms with Gasteiger partial charge in [0, 0.05) is 5.88 Å². The van der Waals surface area contributed by atoms with E-state index in [1.807, 2.05) is 6.07 Å². The lowest BCUT2D eigenvalue weighted by Crippen LogP contribution is -2.10. The maximum atomic E-state index is 13.2. The lowest BCUT2D eigenvalue weighted by Gasteiger charge is -2.16. The normalized spacial score (nSPS) is 13.1. The number of hydrogen-bond donors (Lipinski definition) is 0. The molecule has 0 heterocycles. The van der Waals surface area contributed by atoms with Crippen molar-refractivity contribution in [3.05, 3.63) is 34.6 Å². The molecule has 0 aromatic heterocycles. The van der Waals surface area contributed by atoms with Gasteiger partial charge in [0.25, 0.3) is 0 Å². The van der Waals surface area contributed by atoms with Gasteiger partial charge in [0.05, 0.1) is 5.02 Å². The summed E-state index contributed by atoms with van der Waals surface area (Å²) in [5, 5.41) is 0.176. The van der Waals surface area contributed by atoms with Crippen LogP contribution in [0.5, 0.6) is 0 Å². The molecular formula is C13H17Cl2F. The first kappa shape index (κ1) is 13.8. The molecule has 1 unspecified atom stereocenters. The van der Waals surface area contributed by atoms with E-state index in [9.17, 15) is 4.39 Å². The fraction of sp³-hybridized carbons (Fsp3) is 0.538. The molecule has 1 rings (SSSR count). The highest BCUT2D eigenvalue weighted by Crippen LogP contribution is 2.21. The Balaban J connectivity index is 2.66. The number of hydrogen-bond acceptors (Lipinski definition) is 0. The lowest BCUT2D eigenvalue weighted by atomic mass is 9.92. The first-order valence-electron chi connectivity index (χ1n) is 5.52. The largest absolute Gasteiger partial charge is 0.205 e. The zero-order chi connectivity index (χ0) is 12.1. The third kappa shape index (κ3) is 4.31. The highest BCUT2D eigenvalue weighted by atomic mass is 35.5. The van der Waals surface area contributed by atoms with E-state index in [4.69, 9.17) is 23.2 Å². The van der Waals surface area contributed by atoms with Crippen LogP contribution in [-0.2, 0) is 6.42 Å². The van der Waals surface area contributed by atoms with Gasteiger partial charge in [-0.15, -0.1) is 11.6 Å². The van der Waals surface area contributed by atoms with Crippen molar-refractivity contribution in [2.45, 2.75) is 26.7 Å². The quantitative estimate of drug-likeness (QED) is 0.661. The third-order valence-corrected chi connectivity index (χ3v) is 3.27. The van der Waals surface area contributed by atoms with Gasteiger partial charge in [-0.25, -0.2) is 4.39 Å². The second kappa shape index (κ2) is 6.46. The Hall–Kier alpha value is -0.270. The van der Waals surface area contributed by atoms with Crippen LogP contribution in [0, 0.1) is 17.7 Å². The zero-order valence-corrected chi connectivity index (χ0v) is 11.2. The highest BCUT2D eigenvalue weighted by molar-refractivity contribution is 6.30. The average molecular weight is 263 g/mol. The Morgan fingerprint density at radius 2 is 2.00 bits per heavy atom. The summed E-state index contributed by atoms with van der Waals surface area (Å²) < 4.78 is 13.2. The Kier molecular flexibility index (Phi) is 5.57. The number of halogens is 3. The van der Waals surface area contributed by atoms with Gasteiger partial charge in [-0.2, -0.15) is 0 Å². The van der Waals surface area contributed by atoms with E-state index in [1.165, 1.54) is 6.07 Å². The molecule has 0 aliphatic rings. The van der Waals surface area contributed by atoms with Gasteiger partial charge < -0.3 is 0 Å². The van der Waals surface area contributed by atoms with Crippen molar-refractivity contribution < 1.29 is 4.39 Å². The minimum Gasteiger partial charge on any atom is -0.205 e. The predicted octanol–water partition coefficient (Wildman–Crippen LogP) is 4.92. The van der Waals surface area contributed by atoms with E-state index < -0.39 is 0 Å². The van der Waals surface area contributed by atoms with Gasteiger partial charge in [0.1, 0.15) is 5.82 Å². The standard InChI is InChI=1S/C13H17Cl2F/c1-9(2)5-11(8-14)6-10-3-4-12(15)13(16)7-10/h3-4,7,9,11H,5-6,8H2,1-2H3. The molecule has 0 N–H and O–H groups in total. The molecule has 0 fully saturated rings. The molecular weight excluding hydrogens is 246 g/mol. The molecule has 0 radical (unpaired) electrons. The molecule has 1 atom stereocenters. The van der Waals surface area contributed by atoms with E-state index >= 15 is 0 Å². The van der Waals surface area contributed by atoms with Crippen LogP contribution >= 0.6 is 23.2 Å². The van der Waals surface area contributed by atoms with Gasteiger partial charge in [-0.05, 0) is 42.4 Å². The fourth-order valence-electron chi connectivity index (χ4n) is 1.87. The van der Waals surface area contributed by atoms with Crippen LogP contribution in [0.3, 0.4) is 0 Å². The molecule has 0 amide bonds. The fourth-order valence-corrected chi connectivity index (χ4v) is 2.22. The van der Waals surface area contributed by atoms with E-state index in [2.05, 4.69) is 13.8 Å². The van der Waals surface area contributed by atoms with Crippen LogP contribution < -0.4 is 0 Å². The minimum absolute atomic E-state index is 0.176. The maximum absolute atomic E-state index is 13.2. The summed E-state index contributed by atoms with van der Waals surface area (Å²) in [4.78, 5) is 0. The zero-order valence-electron chi connectivity index (χ0n) is 9.64. The Labute approximate surface area is 107 Å². The first-order valence-corrected chi connectivity index (χ1v) is 6.44. The smallest absolute Gasteiger partial charge is 0.142 e. The SMILES string of the molecule is CC(C)CC(CCl)Cc1ccc(Cl)c(F)c1. The Bertz CT molecular complexity index is 337. The molecule has 0 saturated heterocycles. The molecule has 0 nitrogen and oxygen atoms in total. The van der Waals surface area contributed by atoms with Crippen LogP contribution in [-0.4, -0.2) is 5.88 Å². The Morgan fingerprint density at radius 1 is 1.31 bits per heavy atom. The summed E-state index contributed by atoms with van der Waals surface area (Å²) >= 11 is 11.5. The van der Waals surface area contributed by atoms with E-state index in [-0.39, 0.29) is 10.8 Å².